The molecule has 4 rings (SSSR count). The van der Waals surface area contributed by atoms with Gasteiger partial charge in [-0.05, 0) is 25.1 Å². The van der Waals surface area contributed by atoms with E-state index in [0.29, 0.717) is 41.7 Å². The van der Waals surface area contributed by atoms with Gasteiger partial charge in [0.15, 0.2) is 17.3 Å². The summed E-state index contributed by atoms with van der Waals surface area (Å²) in [4.78, 5) is 0. The van der Waals surface area contributed by atoms with Crippen LogP contribution in [0.1, 0.15) is 5.69 Å². The van der Waals surface area contributed by atoms with Crippen molar-refractivity contribution in [3.8, 4) is 22.8 Å². The molecule has 25 heavy (non-hydrogen) atoms. The molecule has 1 N–H and O–H groups in total. The van der Waals surface area contributed by atoms with Crippen molar-refractivity contribution in [1.82, 2.24) is 5.16 Å². The van der Waals surface area contributed by atoms with E-state index in [1.165, 1.54) is 0 Å². The van der Waals surface area contributed by atoms with Crippen LogP contribution in [-0.4, -0.2) is 26.8 Å². The molecule has 0 amide bonds. The maximum absolute atomic E-state index is 12.6. The molecule has 0 radical (unpaired) electrons. The van der Waals surface area contributed by atoms with Crippen molar-refractivity contribution in [2.45, 2.75) is 11.1 Å². The van der Waals surface area contributed by atoms with Gasteiger partial charge in [-0.15, -0.1) is 11.3 Å². The highest BCUT2D eigenvalue weighted by Crippen LogP contribution is 2.34. The van der Waals surface area contributed by atoms with Crippen molar-refractivity contribution in [3.63, 3.8) is 0 Å². The first kappa shape index (κ1) is 16.0. The molecule has 0 fully saturated rings. The van der Waals surface area contributed by atoms with E-state index in [-0.39, 0.29) is 4.21 Å². The van der Waals surface area contributed by atoms with Crippen LogP contribution >= 0.6 is 11.3 Å². The molecule has 7 nitrogen and oxygen atoms in total. The second kappa shape index (κ2) is 6.08. The topological polar surface area (TPSA) is 90.7 Å². The van der Waals surface area contributed by atoms with E-state index in [1.807, 2.05) is 0 Å². The minimum Gasteiger partial charge on any atom is -0.486 e. The van der Waals surface area contributed by atoms with Gasteiger partial charge in [-0.2, -0.15) is 0 Å². The molecule has 0 saturated carbocycles. The van der Waals surface area contributed by atoms with Crippen LogP contribution in [0.15, 0.2) is 44.4 Å². The van der Waals surface area contributed by atoms with E-state index in [0.717, 1.165) is 17.0 Å². The predicted octanol–water partition coefficient (Wildman–Crippen LogP) is 3.28. The number of nitrogens with zero attached hydrogens (tertiary/aromatic N) is 1. The summed E-state index contributed by atoms with van der Waals surface area (Å²) in [6.07, 6.45) is 0. The lowest BCUT2D eigenvalue weighted by Gasteiger charge is -2.19. The number of rotatable bonds is 4. The van der Waals surface area contributed by atoms with Crippen LogP contribution in [-0.2, 0) is 10.0 Å². The highest BCUT2D eigenvalue weighted by atomic mass is 32.2. The summed E-state index contributed by atoms with van der Waals surface area (Å²) in [7, 11) is -3.71. The number of benzene rings is 1. The lowest BCUT2D eigenvalue weighted by molar-refractivity contribution is 0.171. The largest absolute Gasteiger partial charge is 0.486 e. The second-order valence-corrected chi connectivity index (χ2v) is 8.27. The third kappa shape index (κ3) is 3.20. The Bertz CT molecular complexity index is 1020. The van der Waals surface area contributed by atoms with Crippen molar-refractivity contribution in [1.29, 1.82) is 0 Å². The Hall–Kier alpha value is -2.52. The van der Waals surface area contributed by atoms with Gasteiger partial charge in [0.2, 0.25) is 0 Å². The molecule has 0 unspecified atom stereocenters. The van der Waals surface area contributed by atoms with E-state index < -0.39 is 10.0 Å². The Balaban J connectivity index is 1.59. The lowest BCUT2D eigenvalue weighted by Crippen LogP contribution is -2.16. The SMILES string of the molecule is Cc1cc(-c2csc(S(=O)(=O)Nc3ccc4c(c3)OCCO4)c2)on1. The third-order valence-electron chi connectivity index (χ3n) is 3.55. The number of nitrogens with one attached hydrogen (secondary N) is 1. The third-order valence-corrected chi connectivity index (χ3v) is 6.37. The van der Waals surface area contributed by atoms with E-state index in [4.69, 9.17) is 14.0 Å². The minimum absolute atomic E-state index is 0.187. The number of thiophene rings is 1. The van der Waals surface area contributed by atoms with E-state index in [1.54, 1.807) is 42.6 Å². The molecule has 0 saturated heterocycles. The van der Waals surface area contributed by atoms with Crippen LogP contribution < -0.4 is 14.2 Å². The van der Waals surface area contributed by atoms with Gasteiger partial charge in [0, 0.05) is 23.1 Å². The second-order valence-electron chi connectivity index (χ2n) is 5.45. The Morgan fingerprint density at radius 2 is 1.92 bits per heavy atom. The summed E-state index contributed by atoms with van der Waals surface area (Å²) in [5, 5.41) is 5.53. The Labute approximate surface area is 148 Å². The number of fused-ring (bicyclic) bond motifs is 1. The molecular weight excluding hydrogens is 364 g/mol. The molecule has 0 bridgehead atoms. The molecular formula is C16H14N2O5S2. The van der Waals surface area contributed by atoms with Gasteiger partial charge in [0.25, 0.3) is 10.0 Å². The normalized spacial score (nSPS) is 13.6. The van der Waals surface area contributed by atoms with Gasteiger partial charge >= 0.3 is 0 Å². The fraction of sp³-hybridized carbons (Fsp3) is 0.188. The first-order chi connectivity index (χ1) is 12.0. The van der Waals surface area contributed by atoms with Gasteiger partial charge in [0.1, 0.15) is 17.4 Å². The van der Waals surface area contributed by atoms with Crippen LogP contribution in [0.3, 0.4) is 0 Å². The fourth-order valence-electron chi connectivity index (χ4n) is 2.40. The maximum Gasteiger partial charge on any atom is 0.271 e. The zero-order chi connectivity index (χ0) is 17.4. The molecule has 3 aromatic rings. The average molecular weight is 378 g/mol. The first-order valence-electron chi connectivity index (χ1n) is 7.46. The van der Waals surface area contributed by atoms with Crippen LogP contribution in [0.4, 0.5) is 5.69 Å². The maximum atomic E-state index is 12.6. The van der Waals surface area contributed by atoms with Gasteiger partial charge in [0.05, 0.1) is 11.4 Å². The standard InChI is InChI=1S/C16H14N2O5S2/c1-10-6-14(23-17-10)11-7-16(24-9-11)25(19,20)18-12-2-3-13-15(8-12)22-5-4-21-13/h2-3,6-9,18H,4-5H2,1H3. The Morgan fingerprint density at radius 3 is 2.68 bits per heavy atom. The fourth-order valence-corrected chi connectivity index (χ4v) is 4.62. The summed E-state index contributed by atoms with van der Waals surface area (Å²) in [6, 6.07) is 8.25. The molecule has 1 aromatic carbocycles. The van der Waals surface area contributed by atoms with Gasteiger partial charge in [-0.25, -0.2) is 8.42 Å². The molecule has 130 valence electrons. The van der Waals surface area contributed by atoms with Gasteiger partial charge < -0.3 is 14.0 Å². The van der Waals surface area contributed by atoms with Crippen LogP contribution in [0.2, 0.25) is 0 Å². The number of ether oxygens (including phenoxy) is 2. The van der Waals surface area contributed by atoms with Crippen molar-refractivity contribution in [3.05, 3.63) is 41.4 Å². The van der Waals surface area contributed by atoms with Crippen LogP contribution in [0, 0.1) is 6.92 Å². The molecule has 0 atom stereocenters. The van der Waals surface area contributed by atoms with Gasteiger partial charge in [-0.3, -0.25) is 4.72 Å². The summed E-state index contributed by atoms with van der Waals surface area (Å²) in [5.74, 6) is 1.67. The van der Waals surface area contributed by atoms with Crippen molar-refractivity contribution >= 4 is 27.0 Å². The molecule has 1 aliphatic heterocycles. The summed E-state index contributed by atoms with van der Waals surface area (Å²) in [6.45, 7) is 2.73. The zero-order valence-corrected chi connectivity index (χ0v) is 14.8. The Kier molecular flexibility index (Phi) is 3.89. The summed E-state index contributed by atoms with van der Waals surface area (Å²) < 4.78 is 44.0. The van der Waals surface area contributed by atoms with Gasteiger partial charge in [-0.1, -0.05) is 5.16 Å². The monoisotopic (exact) mass is 378 g/mol. The van der Waals surface area contributed by atoms with E-state index in [9.17, 15) is 8.42 Å². The number of hydrogen-bond acceptors (Lipinski definition) is 7. The average Bonchev–Trinajstić information content (AvgIpc) is 3.23. The smallest absolute Gasteiger partial charge is 0.271 e. The summed E-state index contributed by atoms with van der Waals surface area (Å²) in [5.41, 5.74) is 1.82. The number of anilines is 1. The first-order valence-corrected chi connectivity index (χ1v) is 9.82. The molecule has 0 aliphatic carbocycles. The van der Waals surface area contributed by atoms with Crippen molar-refractivity contribution in [2.24, 2.45) is 0 Å². The number of aromatic nitrogens is 1. The lowest BCUT2D eigenvalue weighted by atomic mass is 10.2. The molecule has 3 heterocycles. The number of hydrogen-bond donors (Lipinski definition) is 1. The van der Waals surface area contributed by atoms with Crippen LogP contribution in [0.25, 0.3) is 11.3 Å². The van der Waals surface area contributed by atoms with Crippen molar-refractivity contribution in [2.75, 3.05) is 17.9 Å². The number of aryl methyl sites for hydroxylation is 1. The van der Waals surface area contributed by atoms with E-state index in [2.05, 4.69) is 9.88 Å². The predicted molar refractivity (Wildman–Crippen MR) is 92.8 cm³/mol. The highest BCUT2D eigenvalue weighted by Gasteiger charge is 2.20. The molecule has 1 aliphatic rings. The molecule has 0 spiro atoms. The van der Waals surface area contributed by atoms with Crippen molar-refractivity contribution < 1.29 is 22.4 Å². The van der Waals surface area contributed by atoms with E-state index >= 15 is 0 Å². The minimum atomic E-state index is -3.71. The van der Waals surface area contributed by atoms with Crippen LogP contribution in [0.5, 0.6) is 11.5 Å². The molecule has 9 heteroatoms. The Morgan fingerprint density at radius 1 is 1.12 bits per heavy atom. The summed E-state index contributed by atoms with van der Waals surface area (Å²) >= 11 is 1.11. The quantitative estimate of drug-likeness (QED) is 0.749. The highest BCUT2D eigenvalue weighted by molar-refractivity contribution is 7.94. The molecule has 2 aromatic heterocycles. The number of sulfonamides is 1. The zero-order valence-electron chi connectivity index (χ0n) is 13.2.